The van der Waals surface area contributed by atoms with E-state index in [1.807, 2.05) is 18.2 Å². The average molecular weight is 325 g/mol. The Morgan fingerprint density at radius 1 is 1.21 bits per heavy atom. The van der Waals surface area contributed by atoms with E-state index in [9.17, 15) is 4.39 Å². The first-order chi connectivity index (χ1) is 11.8. The minimum Gasteiger partial charge on any atom is -0.338 e. The Kier molecular flexibility index (Phi) is 2.93. The summed E-state index contributed by atoms with van der Waals surface area (Å²) in [5.41, 5.74) is 1.70. The number of anilines is 3. The van der Waals surface area contributed by atoms with Gasteiger partial charge in [-0.15, -0.1) is 0 Å². The number of rotatable bonds is 3. The highest BCUT2D eigenvalue weighted by molar-refractivity contribution is 5.82. The molecule has 1 aromatic carbocycles. The van der Waals surface area contributed by atoms with Crippen LogP contribution in [-0.4, -0.2) is 45.3 Å². The standard InChI is InChI=1S/C16H16FN7/c17-13-8-19-16(24-11-4-12(24)7-18-6-11)22-15(13)21-10-1-2-14-9(3-10)5-20-23-14/h1-3,5,8,11-12,18H,4,6-7H2,(H,20,23)(H,19,21,22). The zero-order valence-corrected chi connectivity index (χ0v) is 12.8. The molecule has 0 spiro atoms. The van der Waals surface area contributed by atoms with Crippen LogP contribution in [0.25, 0.3) is 10.9 Å². The fraction of sp³-hybridized carbons (Fsp3) is 0.312. The molecule has 0 aliphatic carbocycles. The van der Waals surface area contributed by atoms with Gasteiger partial charge in [-0.2, -0.15) is 10.1 Å². The second-order valence-corrected chi connectivity index (χ2v) is 6.27. The van der Waals surface area contributed by atoms with E-state index < -0.39 is 5.82 Å². The molecule has 2 atom stereocenters. The molecule has 3 N–H and O–H groups in total. The minimum absolute atomic E-state index is 0.195. The highest BCUT2D eigenvalue weighted by Gasteiger charge is 2.43. The van der Waals surface area contributed by atoms with Gasteiger partial charge < -0.3 is 15.5 Å². The predicted molar refractivity (Wildman–Crippen MR) is 88.9 cm³/mol. The van der Waals surface area contributed by atoms with Crippen molar-refractivity contribution in [2.45, 2.75) is 18.5 Å². The van der Waals surface area contributed by atoms with E-state index in [2.05, 4.69) is 35.7 Å². The van der Waals surface area contributed by atoms with Crippen molar-refractivity contribution in [2.75, 3.05) is 23.3 Å². The van der Waals surface area contributed by atoms with E-state index in [0.717, 1.165) is 36.1 Å². The van der Waals surface area contributed by atoms with Crippen molar-refractivity contribution in [3.63, 3.8) is 0 Å². The lowest BCUT2D eigenvalue weighted by Crippen LogP contribution is -2.68. The van der Waals surface area contributed by atoms with Crippen LogP contribution in [0.2, 0.25) is 0 Å². The molecule has 2 aliphatic heterocycles. The number of piperidine rings is 1. The van der Waals surface area contributed by atoms with Crippen molar-refractivity contribution in [1.82, 2.24) is 25.5 Å². The number of piperazine rings is 1. The molecule has 7 nitrogen and oxygen atoms in total. The third-order valence-electron chi connectivity index (χ3n) is 4.76. The topological polar surface area (TPSA) is 81.8 Å². The van der Waals surface area contributed by atoms with Gasteiger partial charge in [-0.1, -0.05) is 0 Å². The van der Waals surface area contributed by atoms with Crippen LogP contribution in [0.1, 0.15) is 6.42 Å². The first kappa shape index (κ1) is 13.7. The number of aromatic nitrogens is 4. The highest BCUT2D eigenvalue weighted by atomic mass is 19.1. The van der Waals surface area contributed by atoms with Gasteiger partial charge in [-0.3, -0.25) is 5.10 Å². The minimum atomic E-state index is -0.463. The van der Waals surface area contributed by atoms with Crippen molar-refractivity contribution in [2.24, 2.45) is 0 Å². The molecule has 2 aromatic heterocycles. The summed E-state index contributed by atoms with van der Waals surface area (Å²) in [6.07, 6.45) is 4.12. The maximum atomic E-state index is 14.1. The molecule has 2 bridgehead atoms. The van der Waals surface area contributed by atoms with E-state index in [1.54, 1.807) is 6.20 Å². The number of nitrogens with zero attached hydrogens (tertiary/aromatic N) is 4. The summed E-state index contributed by atoms with van der Waals surface area (Å²) in [4.78, 5) is 10.8. The van der Waals surface area contributed by atoms with Gasteiger partial charge in [0.1, 0.15) is 0 Å². The van der Waals surface area contributed by atoms with Crippen molar-refractivity contribution in [3.05, 3.63) is 36.4 Å². The summed E-state index contributed by atoms with van der Waals surface area (Å²) in [5.74, 6) is 0.321. The summed E-state index contributed by atoms with van der Waals surface area (Å²) < 4.78 is 14.1. The Morgan fingerprint density at radius 2 is 2.08 bits per heavy atom. The smallest absolute Gasteiger partial charge is 0.228 e. The van der Waals surface area contributed by atoms with Crippen LogP contribution in [0.5, 0.6) is 0 Å². The molecule has 0 saturated carbocycles. The molecule has 5 rings (SSSR count). The molecule has 24 heavy (non-hydrogen) atoms. The van der Waals surface area contributed by atoms with Crippen LogP contribution in [-0.2, 0) is 0 Å². The lowest BCUT2D eigenvalue weighted by atomic mass is 9.89. The zero-order chi connectivity index (χ0) is 16.1. The molecule has 3 aromatic rings. The monoisotopic (exact) mass is 325 g/mol. The molecule has 2 unspecified atom stereocenters. The lowest BCUT2D eigenvalue weighted by molar-refractivity contribution is 0.258. The van der Waals surface area contributed by atoms with Gasteiger partial charge in [0.25, 0.3) is 0 Å². The van der Waals surface area contributed by atoms with Crippen LogP contribution >= 0.6 is 0 Å². The molecule has 0 radical (unpaired) electrons. The van der Waals surface area contributed by atoms with Gasteiger partial charge in [-0.05, 0) is 24.6 Å². The number of H-pyrrole nitrogens is 1. The quantitative estimate of drug-likeness (QED) is 0.681. The Morgan fingerprint density at radius 3 is 2.92 bits per heavy atom. The van der Waals surface area contributed by atoms with E-state index in [0.29, 0.717) is 18.0 Å². The first-order valence-corrected chi connectivity index (χ1v) is 8.00. The Hall–Kier alpha value is -2.74. The van der Waals surface area contributed by atoms with E-state index >= 15 is 0 Å². The first-order valence-electron chi connectivity index (χ1n) is 8.00. The van der Waals surface area contributed by atoms with E-state index in [4.69, 9.17) is 0 Å². The van der Waals surface area contributed by atoms with Gasteiger partial charge in [0.2, 0.25) is 5.95 Å². The summed E-state index contributed by atoms with van der Waals surface area (Å²) in [6.45, 7) is 1.86. The van der Waals surface area contributed by atoms with E-state index in [1.165, 1.54) is 6.20 Å². The van der Waals surface area contributed by atoms with Crippen LogP contribution in [0.15, 0.2) is 30.6 Å². The van der Waals surface area contributed by atoms with Crippen molar-refractivity contribution >= 4 is 28.4 Å². The molecular weight excluding hydrogens is 309 g/mol. The van der Waals surface area contributed by atoms with Crippen LogP contribution in [0, 0.1) is 5.82 Å². The molecule has 122 valence electrons. The molecular formula is C16H16FN7. The number of hydrogen-bond acceptors (Lipinski definition) is 6. The van der Waals surface area contributed by atoms with Gasteiger partial charge >= 0.3 is 0 Å². The third-order valence-corrected chi connectivity index (χ3v) is 4.76. The SMILES string of the molecule is Fc1cnc(N2C3CNCC2C3)nc1Nc1ccc2[nH]ncc2c1. The predicted octanol–water partition coefficient (Wildman–Crippen LogP) is 1.79. The number of nitrogens with one attached hydrogen (secondary N) is 3. The zero-order valence-electron chi connectivity index (χ0n) is 12.8. The summed E-state index contributed by atoms with van der Waals surface area (Å²) in [7, 11) is 0. The summed E-state index contributed by atoms with van der Waals surface area (Å²) in [5, 5.41) is 14.3. The van der Waals surface area contributed by atoms with Gasteiger partial charge in [0, 0.05) is 36.2 Å². The fourth-order valence-corrected chi connectivity index (χ4v) is 3.53. The third kappa shape index (κ3) is 2.10. The molecule has 4 heterocycles. The molecule has 2 aliphatic rings. The maximum Gasteiger partial charge on any atom is 0.228 e. The van der Waals surface area contributed by atoms with Gasteiger partial charge in [0.15, 0.2) is 11.6 Å². The fourth-order valence-electron chi connectivity index (χ4n) is 3.53. The number of benzene rings is 1. The normalized spacial score (nSPS) is 22.5. The van der Waals surface area contributed by atoms with Crippen LogP contribution in [0.4, 0.5) is 21.8 Å². The number of hydrogen-bond donors (Lipinski definition) is 3. The summed E-state index contributed by atoms with van der Waals surface area (Å²) in [6, 6.07) is 6.48. The second kappa shape index (κ2) is 5.13. The van der Waals surface area contributed by atoms with Crippen molar-refractivity contribution in [3.8, 4) is 0 Å². The Labute approximate surface area is 137 Å². The largest absolute Gasteiger partial charge is 0.338 e. The average Bonchev–Trinajstić information content (AvgIpc) is 3.06. The van der Waals surface area contributed by atoms with Gasteiger partial charge in [0.05, 0.1) is 17.9 Å². The van der Waals surface area contributed by atoms with Crippen LogP contribution < -0.4 is 15.5 Å². The highest BCUT2D eigenvalue weighted by Crippen LogP contribution is 2.33. The Bertz CT molecular complexity index is 894. The van der Waals surface area contributed by atoms with Crippen LogP contribution in [0.3, 0.4) is 0 Å². The summed E-state index contributed by atoms with van der Waals surface area (Å²) >= 11 is 0. The molecule has 2 saturated heterocycles. The number of aromatic amines is 1. The lowest BCUT2D eigenvalue weighted by Gasteiger charge is -2.53. The molecule has 8 heteroatoms. The second-order valence-electron chi connectivity index (χ2n) is 6.27. The number of halogens is 1. The Balaban J connectivity index is 1.45. The number of fused-ring (bicyclic) bond motifs is 3. The van der Waals surface area contributed by atoms with E-state index in [-0.39, 0.29) is 5.82 Å². The van der Waals surface area contributed by atoms with Crippen molar-refractivity contribution < 1.29 is 4.39 Å². The van der Waals surface area contributed by atoms with Gasteiger partial charge in [-0.25, -0.2) is 9.37 Å². The molecule has 2 fully saturated rings. The maximum absolute atomic E-state index is 14.1. The molecule has 0 amide bonds. The van der Waals surface area contributed by atoms with Crippen molar-refractivity contribution in [1.29, 1.82) is 0 Å².